The first-order valence-corrected chi connectivity index (χ1v) is 13.4. The van der Waals surface area contributed by atoms with Crippen molar-refractivity contribution in [2.45, 2.75) is 19.6 Å². The molecule has 3 aromatic carbocycles. The predicted octanol–water partition coefficient (Wildman–Crippen LogP) is 5.57. The molecule has 1 unspecified atom stereocenters. The lowest BCUT2D eigenvalue weighted by atomic mass is 9.90. The average Bonchev–Trinajstić information content (AvgIpc) is 2.99. The third-order valence-corrected chi connectivity index (χ3v) is 6.85. The number of ether oxygens (including phenoxy) is 6. The first-order valence-electron chi connectivity index (χ1n) is 13.4. The van der Waals surface area contributed by atoms with Gasteiger partial charge in [0.15, 0.2) is 29.6 Å². The van der Waals surface area contributed by atoms with Gasteiger partial charge in [0, 0.05) is 46.4 Å². The zero-order chi connectivity index (χ0) is 30.7. The summed E-state index contributed by atoms with van der Waals surface area (Å²) in [6.45, 7) is 4.25. The van der Waals surface area contributed by atoms with Gasteiger partial charge in [0.05, 0.1) is 21.3 Å². The molecule has 4 aromatic rings. The van der Waals surface area contributed by atoms with E-state index >= 15 is 0 Å². The zero-order valence-corrected chi connectivity index (χ0v) is 24.4. The Morgan fingerprint density at radius 1 is 0.930 bits per heavy atom. The quantitative estimate of drug-likeness (QED) is 0.218. The summed E-state index contributed by atoms with van der Waals surface area (Å²) in [4.78, 5) is 11.1. The average molecular weight is 589 g/mol. The zero-order valence-electron chi connectivity index (χ0n) is 24.4. The Hall–Kier alpha value is -5.09. The van der Waals surface area contributed by atoms with E-state index in [0.29, 0.717) is 63.2 Å². The van der Waals surface area contributed by atoms with Gasteiger partial charge in [0.2, 0.25) is 0 Å². The van der Waals surface area contributed by atoms with E-state index in [2.05, 4.69) is 0 Å². The number of rotatable bonds is 6. The number of hydrogen-bond acceptors (Lipinski definition) is 10. The largest absolute Gasteiger partial charge is 0.504 e. The Labute approximate surface area is 247 Å². The molecule has 43 heavy (non-hydrogen) atoms. The topological polar surface area (TPSA) is 126 Å². The maximum absolute atomic E-state index is 11.1. The molecule has 10 nitrogen and oxygen atoms in total. The van der Waals surface area contributed by atoms with Gasteiger partial charge in [0.1, 0.15) is 29.4 Å². The van der Waals surface area contributed by atoms with E-state index in [-0.39, 0.29) is 12.4 Å². The summed E-state index contributed by atoms with van der Waals surface area (Å²) in [6.07, 6.45) is 3.79. The summed E-state index contributed by atoms with van der Waals surface area (Å²) in [6, 6.07) is 14.9. The lowest BCUT2D eigenvalue weighted by Gasteiger charge is -2.39. The molecule has 0 radical (unpaired) electrons. The van der Waals surface area contributed by atoms with Crippen LogP contribution >= 0.6 is 0 Å². The van der Waals surface area contributed by atoms with E-state index in [1.54, 1.807) is 45.6 Å². The van der Waals surface area contributed by atoms with Crippen LogP contribution < -0.4 is 34.0 Å². The first kappa shape index (κ1) is 29.4. The number of benzene rings is 3. The van der Waals surface area contributed by atoms with Gasteiger partial charge in [-0.25, -0.2) is 4.79 Å². The normalized spacial score (nSPS) is 16.0. The number of allylic oxidation sites excluding steroid dienone is 1. The standard InChI is InChI=1S/C19H18O6.C14H14O4/c1-21-12-5-4-11-6-14-13-8-17(22-2)18(23-3)9-16(13)24-10-19(14,20)25-15(11)7-12;1-9(2)5-6-17-13-8-12-10(7-11(13)15)3-4-14(16)18-12/h4-9,20H,10H2,1-3H3;3-5,7-8,15H,6H2,1-2H3. The van der Waals surface area contributed by atoms with Crippen molar-refractivity contribution in [3.8, 4) is 40.2 Å². The smallest absolute Gasteiger partial charge is 0.336 e. The van der Waals surface area contributed by atoms with Crippen molar-refractivity contribution in [1.82, 2.24) is 0 Å². The molecule has 0 saturated heterocycles. The predicted molar refractivity (Wildman–Crippen MR) is 161 cm³/mol. The molecule has 224 valence electrons. The lowest BCUT2D eigenvalue weighted by molar-refractivity contribution is -0.116. The van der Waals surface area contributed by atoms with Gasteiger partial charge in [0.25, 0.3) is 5.79 Å². The van der Waals surface area contributed by atoms with Gasteiger partial charge in [-0.15, -0.1) is 0 Å². The molecule has 2 aliphatic heterocycles. The second-order valence-corrected chi connectivity index (χ2v) is 10.0. The third kappa shape index (κ3) is 6.09. The van der Waals surface area contributed by atoms with Crippen LogP contribution in [-0.4, -0.2) is 50.5 Å². The molecule has 0 saturated carbocycles. The Bertz CT molecular complexity index is 1780. The van der Waals surface area contributed by atoms with Crippen LogP contribution in [0.1, 0.15) is 25.0 Å². The van der Waals surface area contributed by atoms with Crippen molar-refractivity contribution in [2.24, 2.45) is 0 Å². The van der Waals surface area contributed by atoms with E-state index in [1.165, 1.54) is 18.2 Å². The van der Waals surface area contributed by atoms with Crippen molar-refractivity contribution in [1.29, 1.82) is 0 Å². The van der Waals surface area contributed by atoms with E-state index in [0.717, 1.165) is 11.1 Å². The maximum Gasteiger partial charge on any atom is 0.336 e. The van der Waals surface area contributed by atoms with Gasteiger partial charge in [-0.3, -0.25) is 0 Å². The second-order valence-electron chi connectivity index (χ2n) is 10.0. The summed E-state index contributed by atoms with van der Waals surface area (Å²) >= 11 is 0. The van der Waals surface area contributed by atoms with Crippen molar-refractivity contribution in [3.05, 3.63) is 87.8 Å². The van der Waals surface area contributed by atoms with Crippen LogP contribution in [0.5, 0.6) is 40.2 Å². The molecule has 2 aliphatic rings. The van der Waals surface area contributed by atoms with Crippen molar-refractivity contribution in [2.75, 3.05) is 34.5 Å². The number of aromatic hydroxyl groups is 1. The van der Waals surface area contributed by atoms with Crippen LogP contribution in [0.2, 0.25) is 0 Å². The SMILES string of the molecule is CC(C)=CCOc1cc2oc(=O)ccc2cc1O.COc1ccc2c(c1)OC1(O)COc3cc(OC)c(OC)cc3C1=C2. The van der Waals surface area contributed by atoms with Gasteiger partial charge < -0.3 is 43.1 Å². The molecule has 10 heteroatoms. The van der Waals surface area contributed by atoms with Crippen LogP contribution in [-0.2, 0) is 0 Å². The Kier molecular flexibility index (Phi) is 8.22. The van der Waals surface area contributed by atoms with Crippen LogP contribution in [0.4, 0.5) is 0 Å². The van der Waals surface area contributed by atoms with Crippen molar-refractivity contribution < 1.29 is 43.1 Å². The molecule has 0 aliphatic carbocycles. The molecule has 3 heterocycles. The highest BCUT2D eigenvalue weighted by Crippen LogP contribution is 2.49. The Morgan fingerprint density at radius 2 is 1.70 bits per heavy atom. The van der Waals surface area contributed by atoms with E-state index in [9.17, 15) is 15.0 Å². The number of fused-ring (bicyclic) bond motifs is 5. The minimum absolute atomic E-state index is 0.0264. The number of phenolic OH excluding ortho intramolecular Hbond substituents is 1. The molecule has 0 bridgehead atoms. The molecule has 6 rings (SSSR count). The van der Waals surface area contributed by atoms with Crippen LogP contribution in [0, 0.1) is 0 Å². The van der Waals surface area contributed by atoms with Crippen LogP contribution in [0.15, 0.2) is 75.5 Å². The molecule has 2 N–H and O–H groups in total. The summed E-state index contributed by atoms with van der Waals surface area (Å²) in [5.74, 6) is 1.67. The summed E-state index contributed by atoms with van der Waals surface area (Å²) < 4.78 is 37.9. The number of aliphatic hydroxyl groups is 1. The third-order valence-electron chi connectivity index (χ3n) is 6.85. The molecule has 0 fully saturated rings. The van der Waals surface area contributed by atoms with E-state index < -0.39 is 11.4 Å². The fourth-order valence-corrected chi connectivity index (χ4v) is 4.61. The lowest BCUT2D eigenvalue weighted by Crippen LogP contribution is -2.47. The highest BCUT2D eigenvalue weighted by molar-refractivity contribution is 5.92. The highest BCUT2D eigenvalue weighted by Gasteiger charge is 2.44. The molecule has 0 amide bonds. The molecule has 1 aromatic heterocycles. The number of methoxy groups -OCH3 is 3. The summed E-state index contributed by atoms with van der Waals surface area (Å²) in [5, 5.41) is 21.4. The van der Waals surface area contributed by atoms with Gasteiger partial charge in [-0.2, -0.15) is 0 Å². The Morgan fingerprint density at radius 3 is 2.42 bits per heavy atom. The highest BCUT2D eigenvalue weighted by atomic mass is 16.7. The van der Waals surface area contributed by atoms with Crippen LogP contribution in [0.25, 0.3) is 22.6 Å². The fourth-order valence-electron chi connectivity index (χ4n) is 4.61. The second kappa shape index (κ2) is 12.0. The van der Waals surface area contributed by atoms with Crippen molar-refractivity contribution >= 4 is 22.6 Å². The number of phenols is 1. The minimum atomic E-state index is -1.58. The van der Waals surface area contributed by atoms with E-state index in [1.807, 2.05) is 38.1 Å². The molecular weight excluding hydrogens is 556 g/mol. The summed E-state index contributed by atoms with van der Waals surface area (Å²) in [7, 11) is 4.71. The van der Waals surface area contributed by atoms with Crippen molar-refractivity contribution in [3.63, 3.8) is 0 Å². The fraction of sp³-hybridized carbons (Fsp3) is 0.242. The minimum Gasteiger partial charge on any atom is -0.504 e. The van der Waals surface area contributed by atoms with Gasteiger partial charge >= 0.3 is 5.63 Å². The first-order chi connectivity index (χ1) is 20.6. The summed E-state index contributed by atoms with van der Waals surface area (Å²) in [5.41, 5.74) is 3.26. The molecule has 1 atom stereocenters. The number of hydrogen-bond donors (Lipinski definition) is 2. The van der Waals surface area contributed by atoms with Gasteiger partial charge in [-0.05, 0) is 56.3 Å². The molecular formula is C33H32O10. The maximum atomic E-state index is 11.1. The molecule has 0 spiro atoms. The van der Waals surface area contributed by atoms with E-state index in [4.69, 9.17) is 32.8 Å². The monoisotopic (exact) mass is 588 g/mol. The van der Waals surface area contributed by atoms with Gasteiger partial charge in [-0.1, -0.05) is 5.57 Å². The van der Waals surface area contributed by atoms with Crippen LogP contribution in [0.3, 0.4) is 0 Å². The Balaban J connectivity index is 0.000000181.